The topological polar surface area (TPSA) is 252 Å². The number of hydrogen-bond donors (Lipinski definition) is 6. The zero-order valence-electron chi connectivity index (χ0n) is 56.0. The fourth-order valence-electron chi connectivity index (χ4n) is 17.3. The van der Waals surface area contributed by atoms with Gasteiger partial charge >= 0.3 is 19.1 Å². The number of fused-ring (bicyclic) bond motifs is 3. The smallest absolute Gasteiger partial charge is 0.402 e. The molecule has 98 heavy (non-hydrogen) atoms. The van der Waals surface area contributed by atoms with Gasteiger partial charge < -0.3 is 52.1 Å². The minimum absolute atomic E-state index is 0.131. The van der Waals surface area contributed by atoms with E-state index in [9.17, 15) is 44.6 Å². The van der Waals surface area contributed by atoms with E-state index in [2.05, 4.69) is 96.0 Å². The first-order chi connectivity index (χ1) is 46.6. The zero-order chi connectivity index (χ0) is 69.4. The van der Waals surface area contributed by atoms with Gasteiger partial charge in [-0.2, -0.15) is 15.3 Å². The second-order valence-corrected chi connectivity index (χ2v) is 29.1. The van der Waals surface area contributed by atoms with Crippen molar-refractivity contribution in [2.75, 3.05) is 89.3 Å². The Bertz CT molecular complexity index is 3570. The Balaban J connectivity index is 0.000000132. The standard InChI is InChI=1S/C24H32F3N5O2.2C22H29F3N6O/c1-13(2)32-20(10-19(30-32)15-7-21(23(28)29-11-15)34-24(25,26)27)22-17-8-16(9-18(17)22)31-5-3-14(12-33)4-6-31;2*1-12(2)31-18(20-15-8-14(9-16(15)20)30-5-3-27-4-6-30)10-17(29-31)13-7-19(21(26)28-11-13)32-22(23,24)25/h7,10-11,13-14,16-18,22,33H,3-6,8-9,12H2,1-2H3,(H2,28,29);2*7,10-12,14-16,20,27H,3-6,8-9H2,1-2H3,(H2,26,28)/t16?,17-,18+,22?;2*14?,15-,16+,20?. The lowest BCUT2D eigenvalue weighted by Gasteiger charge is -2.36. The van der Waals surface area contributed by atoms with Crippen LogP contribution in [0.3, 0.4) is 0 Å². The van der Waals surface area contributed by atoms with Crippen LogP contribution in [0.4, 0.5) is 57.0 Å². The minimum Gasteiger partial charge on any atom is -0.402 e. The van der Waals surface area contributed by atoms with Crippen molar-refractivity contribution in [3.8, 4) is 51.0 Å². The highest BCUT2D eigenvalue weighted by atomic mass is 19.4. The van der Waals surface area contributed by atoms with Crippen LogP contribution in [0.1, 0.15) is 146 Å². The number of aliphatic hydroxyl groups excluding tert-OH is 1. The number of nitrogens with zero attached hydrogens (tertiary/aromatic N) is 12. The molecule has 6 aromatic heterocycles. The normalized spacial score (nSPS) is 28.1. The van der Waals surface area contributed by atoms with E-state index in [1.54, 1.807) is 0 Å². The molecule has 534 valence electrons. The quantitative estimate of drug-likeness (QED) is 0.0493. The summed E-state index contributed by atoms with van der Waals surface area (Å²) in [4.78, 5) is 19.5. The lowest BCUT2D eigenvalue weighted by Crippen LogP contribution is -2.48. The number of halogens is 9. The summed E-state index contributed by atoms with van der Waals surface area (Å²) >= 11 is 0. The molecule has 6 aromatic rings. The highest BCUT2D eigenvalue weighted by Crippen LogP contribution is 2.67. The van der Waals surface area contributed by atoms with Crippen LogP contribution in [0.5, 0.6) is 17.2 Å². The maximum absolute atomic E-state index is 12.7. The molecule has 21 nitrogen and oxygen atoms in total. The first-order valence-electron chi connectivity index (χ1n) is 34.6. The van der Waals surface area contributed by atoms with Crippen LogP contribution >= 0.6 is 0 Å². The summed E-state index contributed by atoms with van der Waals surface area (Å²) in [5.41, 5.74) is 23.4. The Morgan fingerprint density at radius 1 is 0.439 bits per heavy atom. The van der Waals surface area contributed by atoms with E-state index in [1.807, 2.05) is 32.2 Å². The average molecular weight is 1380 g/mol. The molecule has 30 heteroatoms. The van der Waals surface area contributed by atoms with E-state index in [0.717, 1.165) is 84.0 Å². The molecule has 9 N–H and O–H groups in total. The van der Waals surface area contributed by atoms with Crippen LogP contribution < -0.4 is 42.0 Å². The number of piperidine rings is 1. The number of hydrogen-bond acceptors (Lipinski definition) is 18. The highest BCUT2D eigenvalue weighted by Gasteiger charge is 2.61. The number of nitrogen functional groups attached to an aromatic ring is 3. The molecule has 15 rings (SSSR count). The van der Waals surface area contributed by atoms with Crippen molar-refractivity contribution >= 4 is 17.5 Å². The molecule has 0 amide bonds. The Hall–Kier alpha value is -6.99. The van der Waals surface area contributed by atoms with Crippen LogP contribution in [-0.4, -0.2) is 173 Å². The number of pyridine rings is 3. The van der Waals surface area contributed by atoms with Gasteiger partial charge in [0.25, 0.3) is 0 Å². The Kier molecular flexibility index (Phi) is 19.5. The summed E-state index contributed by atoms with van der Waals surface area (Å²) < 4.78 is 133. The van der Waals surface area contributed by atoms with Crippen molar-refractivity contribution in [3.05, 3.63) is 72.1 Å². The van der Waals surface area contributed by atoms with Gasteiger partial charge in [0.15, 0.2) is 34.7 Å². The van der Waals surface area contributed by atoms with Gasteiger partial charge in [-0.25, -0.2) is 15.0 Å². The molecular weight excluding hydrogens is 1290 g/mol. The maximum Gasteiger partial charge on any atom is 0.573 e. The Morgan fingerprint density at radius 2 is 0.704 bits per heavy atom. The molecule has 0 bridgehead atoms. The summed E-state index contributed by atoms with van der Waals surface area (Å²) in [6.07, 6.45) is -0.837. The largest absolute Gasteiger partial charge is 0.573 e. The monoisotopic (exact) mass is 1380 g/mol. The first kappa shape index (κ1) is 69.5. The molecule has 0 radical (unpaired) electrons. The third-order valence-electron chi connectivity index (χ3n) is 22.0. The third-order valence-corrected chi connectivity index (χ3v) is 22.0. The molecule has 9 fully saturated rings. The number of likely N-dealkylation sites (tertiary alicyclic amines) is 1. The lowest BCUT2D eigenvalue weighted by atomic mass is 9.94. The van der Waals surface area contributed by atoms with Crippen LogP contribution in [0, 0.1) is 41.4 Å². The predicted molar refractivity (Wildman–Crippen MR) is 349 cm³/mol. The van der Waals surface area contributed by atoms with Gasteiger partial charge in [-0.1, -0.05) is 0 Å². The molecular formula is C68H90F9N17O4. The summed E-state index contributed by atoms with van der Waals surface area (Å²) in [6, 6.07) is 12.2. The molecule has 0 aromatic carbocycles. The van der Waals surface area contributed by atoms with Gasteiger partial charge in [-0.3, -0.25) is 23.8 Å². The first-order valence-corrected chi connectivity index (χ1v) is 34.6. The van der Waals surface area contributed by atoms with E-state index < -0.39 is 36.3 Å². The number of aromatic nitrogens is 9. The maximum atomic E-state index is 12.7. The number of alkyl halides is 9. The van der Waals surface area contributed by atoms with Crippen LogP contribution in [0.25, 0.3) is 33.8 Å². The predicted octanol–water partition coefficient (Wildman–Crippen LogP) is 11.0. The zero-order valence-corrected chi connectivity index (χ0v) is 56.0. The minimum atomic E-state index is -4.84. The highest BCUT2D eigenvalue weighted by molar-refractivity contribution is 5.67. The van der Waals surface area contributed by atoms with Gasteiger partial charge in [-0.05, 0) is 184 Å². The molecule has 6 unspecified atom stereocenters. The van der Waals surface area contributed by atoms with Crippen LogP contribution in [-0.2, 0) is 0 Å². The molecule has 9 aliphatic rings. The molecule has 3 saturated heterocycles. The van der Waals surface area contributed by atoms with E-state index in [-0.39, 0.29) is 35.6 Å². The summed E-state index contributed by atoms with van der Waals surface area (Å²) in [6.45, 7) is 23.6. The summed E-state index contributed by atoms with van der Waals surface area (Å²) in [5.74, 6) is 3.25. The van der Waals surface area contributed by atoms with Crippen molar-refractivity contribution in [1.82, 2.24) is 69.6 Å². The fraction of sp³-hybridized carbons (Fsp3) is 0.647. The second-order valence-electron chi connectivity index (χ2n) is 29.1. The summed E-state index contributed by atoms with van der Waals surface area (Å²) in [5, 5.41) is 30.4. The molecule has 3 aliphatic heterocycles. The number of nitrogens with two attached hydrogens (primary N) is 3. The van der Waals surface area contributed by atoms with Crippen LogP contribution in [0.15, 0.2) is 55.0 Å². The number of aliphatic hydroxyl groups is 1. The molecule has 6 aliphatic carbocycles. The second kappa shape index (κ2) is 27.5. The lowest BCUT2D eigenvalue weighted by molar-refractivity contribution is -0.275. The number of nitrogens with one attached hydrogen (secondary N) is 2. The van der Waals surface area contributed by atoms with Gasteiger partial charge in [0.1, 0.15) is 0 Å². The van der Waals surface area contributed by atoms with Crippen molar-refractivity contribution in [2.45, 2.75) is 166 Å². The Labute approximate surface area is 563 Å². The molecule has 0 spiro atoms. The van der Waals surface area contributed by atoms with E-state index in [0.29, 0.717) is 118 Å². The number of anilines is 3. The van der Waals surface area contributed by atoms with E-state index in [4.69, 9.17) is 32.5 Å². The van der Waals surface area contributed by atoms with Crippen molar-refractivity contribution < 1.29 is 58.8 Å². The van der Waals surface area contributed by atoms with Gasteiger partial charge in [0, 0.05) is 165 Å². The fourth-order valence-corrected chi connectivity index (χ4v) is 17.3. The molecule has 12 atom stereocenters. The van der Waals surface area contributed by atoms with Crippen molar-refractivity contribution in [2.24, 2.45) is 41.4 Å². The third kappa shape index (κ3) is 15.2. The van der Waals surface area contributed by atoms with Crippen molar-refractivity contribution in [3.63, 3.8) is 0 Å². The Morgan fingerprint density at radius 3 is 0.949 bits per heavy atom. The van der Waals surface area contributed by atoms with Gasteiger partial charge in [0.05, 0.1) is 17.1 Å². The van der Waals surface area contributed by atoms with Gasteiger partial charge in [-0.15, -0.1) is 39.5 Å². The SMILES string of the molecule is CC(C)n1nc(-c2cnc(N)c(OC(F)(F)F)c2)cc1C1[C@H]2CC(N3CCC(CO)CC3)C[C@@H]12.CC(C)n1nc(-c2cnc(N)c(OC(F)(F)F)c2)cc1C1[C@H]2CC(N3CCNCC3)C[C@@H]12.CC(C)n1nc(-c2cnc(N)c(OC(F)(F)F)c2)cc1C1[C@H]2CC(N3CCNCC3)C[C@@H]12. The molecule has 9 heterocycles. The summed E-state index contributed by atoms with van der Waals surface area (Å²) in [7, 11) is 0. The van der Waals surface area contributed by atoms with Gasteiger partial charge in [0.2, 0.25) is 0 Å². The van der Waals surface area contributed by atoms with Crippen molar-refractivity contribution in [1.29, 1.82) is 0 Å². The number of ether oxygens (including phenoxy) is 3. The number of piperazine rings is 2. The van der Waals surface area contributed by atoms with E-state index >= 15 is 0 Å². The molecule has 6 saturated carbocycles. The van der Waals surface area contributed by atoms with Crippen LogP contribution in [0.2, 0.25) is 0 Å². The number of rotatable bonds is 16. The average Bonchev–Trinajstić information content (AvgIpc) is 1.57. The van der Waals surface area contributed by atoms with E-state index in [1.165, 1.54) is 86.7 Å².